The third kappa shape index (κ3) is 6.46. The van der Waals surface area contributed by atoms with Crippen LogP contribution in [0.5, 0.6) is 0 Å². The topological polar surface area (TPSA) is 12.9 Å². The molecule has 0 N–H and O–H groups in total. The van der Waals surface area contributed by atoms with Gasteiger partial charge in [-0.2, -0.15) is 28.3 Å². The van der Waals surface area contributed by atoms with Crippen molar-refractivity contribution in [2.45, 2.75) is 47.7 Å². The van der Waals surface area contributed by atoms with Crippen molar-refractivity contribution in [3.63, 3.8) is 0 Å². The number of pyridine rings is 1. The summed E-state index contributed by atoms with van der Waals surface area (Å²) in [6.07, 6.45) is 1.84. The van der Waals surface area contributed by atoms with E-state index in [1.807, 2.05) is 18.3 Å². The van der Waals surface area contributed by atoms with Crippen molar-refractivity contribution >= 4 is 16.2 Å². The SMILES string of the molecule is C[Si](C)=[Zr+2].Cc1[cH-]c(C)c(C)c1C.Cc1[cH-]c2ccccc2c1-c1ccccn1. The second-order valence-electron chi connectivity index (χ2n) is 7.76. The summed E-state index contributed by atoms with van der Waals surface area (Å²) in [4.78, 5) is 4.43. The van der Waals surface area contributed by atoms with Crippen LogP contribution in [0.2, 0.25) is 13.1 Å². The van der Waals surface area contributed by atoms with Gasteiger partial charge in [0.25, 0.3) is 0 Å². The molecule has 0 unspecified atom stereocenters. The van der Waals surface area contributed by atoms with Crippen LogP contribution in [0.15, 0.2) is 60.8 Å². The van der Waals surface area contributed by atoms with Crippen LogP contribution in [0, 0.1) is 34.6 Å². The number of fused-ring (bicyclic) bond motifs is 1. The van der Waals surface area contributed by atoms with Crippen molar-refractivity contribution in [3.05, 3.63) is 88.6 Å². The Balaban J connectivity index is 0.000000195. The molecule has 148 valence electrons. The molecule has 1 heterocycles. The third-order valence-corrected chi connectivity index (χ3v) is 5.10. The second-order valence-corrected chi connectivity index (χ2v) is 17.1. The molecule has 0 saturated carbocycles. The van der Waals surface area contributed by atoms with Gasteiger partial charge in [-0.25, -0.2) is 0 Å². The monoisotopic (exact) mass is 475 g/mol. The summed E-state index contributed by atoms with van der Waals surface area (Å²) in [5, 5.41) is 2.58. The van der Waals surface area contributed by atoms with E-state index in [4.69, 9.17) is 0 Å². The predicted octanol–water partition coefficient (Wildman–Crippen LogP) is 7.35. The molecule has 29 heavy (non-hydrogen) atoms. The Bertz CT molecular complexity index is 1060. The average Bonchev–Trinajstić information content (AvgIpc) is 3.13. The molecule has 4 aromatic rings. The summed E-state index contributed by atoms with van der Waals surface area (Å²) in [5.41, 5.74) is 9.56. The minimum Gasteiger partial charge on any atom is -0.267 e. The first-order valence-electron chi connectivity index (χ1n) is 10.0. The molecular weight excluding hydrogens is 446 g/mol. The molecule has 0 saturated heterocycles. The largest absolute Gasteiger partial charge is 0.267 e. The van der Waals surface area contributed by atoms with E-state index >= 15 is 0 Å². The number of aromatic nitrogens is 1. The normalized spacial score (nSPS) is 10.1. The Hall–Kier alpha value is -1.57. The van der Waals surface area contributed by atoms with Crippen LogP contribution >= 0.6 is 0 Å². The number of benzene rings is 1. The maximum atomic E-state index is 4.43. The summed E-state index contributed by atoms with van der Waals surface area (Å²) in [6, 6.07) is 19.0. The number of aryl methyl sites for hydroxylation is 3. The van der Waals surface area contributed by atoms with Crippen LogP contribution in [0.25, 0.3) is 22.0 Å². The van der Waals surface area contributed by atoms with E-state index in [1.165, 1.54) is 44.2 Å². The smallest absolute Gasteiger partial charge is 0.0265 e. The van der Waals surface area contributed by atoms with E-state index in [9.17, 15) is 0 Å². The molecule has 0 amide bonds. The van der Waals surface area contributed by atoms with Gasteiger partial charge < -0.3 is 0 Å². The van der Waals surface area contributed by atoms with Gasteiger partial charge in [0.15, 0.2) is 0 Å². The minimum atomic E-state index is 0.210. The molecule has 0 aliphatic carbocycles. The number of hydrogen-bond acceptors (Lipinski definition) is 1. The summed E-state index contributed by atoms with van der Waals surface area (Å²) in [6.45, 7) is 15.4. The van der Waals surface area contributed by atoms with Crippen LogP contribution in [0.4, 0.5) is 0 Å². The van der Waals surface area contributed by atoms with Gasteiger partial charge in [0.05, 0.1) is 0 Å². The summed E-state index contributed by atoms with van der Waals surface area (Å²) >= 11 is 1.74. The van der Waals surface area contributed by atoms with Crippen molar-refractivity contribution in [3.8, 4) is 11.3 Å². The maximum Gasteiger partial charge on any atom is 0.0265 e. The molecule has 3 aromatic carbocycles. The van der Waals surface area contributed by atoms with Gasteiger partial charge in [0.1, 0.15) is 0 Å². The quantitative estimate of drug-likeness (QED) is 0.207. The van der Waals surface area contributed by atoms with Gasteiger partial charge in [-0.15, -0.1) is 46.2 Å². The van der Waals surface area contributed by atoms with Crippen LogP contribution in [0.3, 0.4) is 0 Å². The van der Waals surface area contributed by atoms with Crippen molar-refractivity contribution < 1.29 is 23.3 Å². The molecule has 0 radical (unpaired) electrons. The van der Waals surface area contributed by atoms with Gasteiger partial charge in [0.2, 0.25) is 0 Å². The molecule has 0 atom stereocenters. The molecule has 1 nitrogen and oxygen atoms in total. The standard InChI is InChI=1S/C15H12N.C9H13.C2H6Si.Zr/c1-11-10-12-6-2-3-7-13(12)15(11)14-8-4-5-9-16-14;1-6-5-7(2)9(4)8(6)3;1-3-2;/h2-10H,1H3;5H,1-4H3;1-2H3;/q2*-1;;+2. The first kappa shape index (κ1) is 23.7. The molecule has 0 aliphatic heterocycles. The minimum absolute atomic E-state index is 0.210. The third-order valence-electron chi connectivity index (χ3n) is 5.10. The fourth-order valence-electron chi connectivity index (χ4n) is 3.35. The molecule has 4 rings (SSSR count). The van der Waals surface area contributed by atoms with Gasteiger partial charge in [-0.05, 0) is 12.1 Å². The fraction of sp³-hybridized carbons (Fsp3) is 0.269. The summed E-state index contributed by atoms with van der Waals surface area (Å²) in [7, 11) is 0. The molecule has 3 heteroatoms. The van der Waals surface area contributed by atoms with Crippen LogP contribution < -0.4 is 0 Å². The van der Waals surface area contributed by atoms with E-state index in [-0.39, 0.29) is 5.43 Å². The van der Waals surface area contributed by atoms with E-state index < -0.39 is 0 Å². The van der Waals surface area contributed by atoms with Gasteiger partial charge in [-0.3, -0.25) is 4.98 Å². The molecule has 0 aliphatic rings. The van der Waals surface area contributed by atoms with Crippen molar-refractivity contribution in [1.82, 2.24) is 4.98 Å². The van der Waals surface area contributed by atoms with E-state index in [0.717, 1.165) is 5.69 Å². The molecular formula is C26H31NSiZr. The van der Waals surface area contributed by atoms with Gasteiger partial charge in [-0.1, -0.05) is 46.8 Å². The Labute approximate surface area is 191 Å². The molecule has 0 fully saturated rings. The predicted molar refractivity (Wildman–Crippen MR) is 126 cm³/mol. The summed E-state index contributed by atoms with van der Waals surface area (Å²) < 4.78 is 0. The molecule has 1 aromatic heterocycles. The fourth-order valence-corrected chi connectivity index (χ4v) is 3.35. The van der Waals surface area contributed by atoms with E-state index in [1.54, 1.807) is 23.3 Å². The van der Waals surface area contributed by atoms with Crippen LogP contribution in [-0.4, -0.2) is 10.4 Å². The Morgan fingerprint density at radius 1 is 0.759 bits per heavy atom. The Morgan fingerprint density at radius 2 is 1.31 bits per heavy atom. The Morgan fingerprint density at radius 3 is 1.79 bits per heavy atom. The van der Waals surface area contributed by atoms with Gasteiger partial charge >= 0.3 is 41.9 Å². The van der Waals surface area contributed by atoms with E-state index in [2.05, 4.69) is 95.2 Å². The van der Waals surface area contributed by atoms with Crippen LogP contribution in [-0.2, 0) is 23.3 Å². The van der Waals surface area contributed by atoms with Gasteiger partial charge in [0, 0.05) is 11.9 Å². The number of hydrogen-bond donors (Lipinski definition) is 0. The molecule has 0 spiro atoms. The van der Waals surface area contributed by atoms with Crippen LogP contribution in [0.1, 0.15) is 27.8 Å². The zero-order valence-electron chi connectivity index (χ0n) is 18.7. The van der Waals surface area contributed by atoms with Crippen molar-refractivity contribution in [2.75, 3.05) is 0 Å². The summed E-state index contributed by atoms with van der Waals surface area (Å²) in [5.74, 6) is 0. The number of rotatable bonds is 1. The first-order chi connectivity index (χ1) is 13.7. The van der Waals surface area contributed by atoms with E-state index in [0.29, 0.717) is 0 Å². The average molecular weight is 477 g/mol. The second kappa shape index (κ2) is 11.0. The zero-order chi connectivity index (χ0) is 21.6. The maximum absolute atomic E-state index is 4.43. The zero-order valence-corrected chi connectivity index (χ0v) is 22.2. The number of nitrogens with zero attached hydrogens (tertiary/aromatic N) is 1. The molecule has 0 bridgehead atoms. The van der Waals surface area contributed by atoms with Crippen molar-refractivity contribution in [2.24, 2.45) is 0 Å². The first-order valence-corrected chi connectivity index (χ1v) is 16.2. The Kier molecular flexibility index (Phi) is 8.99. The van der Waals surface area contributed by atoms with Crippen molar-refractivity contribution in [1.29, 1.82) is 0 Å².